The second-order valence-corrected chi connectivity index (χ2v) is 8.89. The number of aliphatic hydroxyl groups is 1. The molecule has 2 amide bonds. The van der Waals surface area contributed by atoms with Gasteiger partial charge in [-0.3, -0.25) is 4.79 Å². The SMILES string of the molecule is CC(C)C(CNC(=O)OCC1c2ccccc2-c2ccccc21)CC(=O)N[C@@H](CCO)C(=O)O. The van der Waals surface area contributed by atoms with E-state index in [1.807, 2.05) is 38.1 Å². The van der Waals surface area contributed by atoms with Gasteiger partial charge in [-0.05, 0) is 34.1 Å². The highest BCUT2D eigenvalue weighted by Crippen LogP contribution is 2.44. The monoisotopic (exact) mass is 468 g/mol. The summed E-state index contributed by atoms with van der Waals surface area (Å²) in [5.74, 6) is -1.80. The van der Waals surface area contributed by atoms with Crippen molar-refractivity contribution < 1.29 is 29.3 Å². The van der Waals surface area contributed by atoms with Crippen LogP contribution in [-0.2, 0) is 14.3 Å². The van der Waals surface area contributed by atoms with Gasteiger partial charge in [-0.25, -0.2) is 9.59 Å². The standard InChI is InChI=1S/C26H32N2O6/c1-16(2)17(13-24(30)28-23(11-12-29)25(31)32)14-27-26(33)34-15-22-20-9-5-3-7-18(20)19-8-4-6-10-21(19)22/h3-10,16-17,22-23,29H,11-15H2,1-2H3,(H,27,33)(H,28,30)(H,31,32)/t17?,23-/m0/s1. The van der Waals surface area contributed by atoms with Crippen molar-refractivity contribution in [2.75, 3.05) is 19.8 Å². The molecule has 3 rings (SSSR count). The second-order valence-electron chi connectivity index (χ2n) is 8.89. The van der Waals surface area contributed by atoms with Crippen LogP contribution >= 0.6 is 0 Å². The van der Waals surface area contributed by atoms with E-state index in [9.17, 15) is 14.4 Å². The van der Waals surface area contributed by atoms with Crippen molar-refractivity contribution in [1.29, 1.82) is 0 Å². The molecule has 2 aromatic rings. The molecule has 8 nitrogen and oxygen atoms in total. The predicted octanol–water partition coefficient (Wildman–Crippen LogP) is 3.14. The minimum absolute atomic E-state index is 0.0377. The van der Waals surface area contributed by atoms with E-state index in [0.717, 1.165) is 22.3 Å². The van der Waals surface area contributed by atoms with Gasteiger partial charge in [0, 0.05) is 31.9 Å². The number of amides is 2. The van der Waals surface area contributed by atoms with Crippen LogP contribution < -0.4 is 10.6 Å². The van der Waals surface area contributed by atoms with E-state index in [1.165, 1.54) is 0 Å². The highest BCUT2D eigenvalue weighted by molar-refractivity contribution is 5.83. The van der Waals surface area contributed by atoms with E-state index in [1.54, 1.807) is 0 Å². The molecule has 0 saturated heterocycles. The van der Waals surface area contributed by atoms with Crippen LogP contribution in [0.5, 0.6) is 0 Å². The van der Waals surface area contributed by atoms with Gasteiger partial charge in [0.05, 0.1) is 0 Å². The summed E-state index contributed by atoms with van der Waals surface area (Å²) >= 11 is 0. The number of benzene rings is 2. The topological polar surface area (TPSA) is 125 Å². The van der Waals surface area contributed by atoms with Gasteiger partial charge in [0.15, 0.2) is 0 Å². The lowest BCUT2D eigenvalue weighted by atomic mass is 9.92. The van der Waals surface area contributed by atoms with Gasteiger partial charge in [-0.15, -0.1) is 0 Å². The summed E-state index contributed by atoms with van der Waals surface area (Å²) in [4.78, 5) is 36.0. The predicted molar refractivity (Wildman–Crippen MR) is 127 cm³/mol. The molecule has 182 valence electrons. The molecule has 0 spiro atoms. The number of hydrogen-bond donors (Lipinski definition) is 4. The molecule has 2 atom stereocenters. The Bertz CT molecular complexity index is 976. The molecule has 1 unspecified atom stereocenters. The summed E-state index contributed by atoms with van der Waals surface area (Å²) in [6.07, 6.45) is -0.571. The fraction of sp³-hybridized carbons (Fsp3) is 0.423. The van der Waals surface area contributed by atoms with Crippen LogP contribution in [0, 0.1) is 11.8 Å². The number of aliphatic hydroxyl groups excluding tert-OH is 1. The van der Waals surface area contributed by atoms with Crippen molar-refractivity contribution in [2.45, 2.75) is 38.6 Å². The average Bonchev–Trinajstić information content (AvgIpc) is 3.13. The normalized spacial score (nSPS) is 14.1. The maximum absolute atomic E-state index is 12.4. The molecule has 1 aliphatic rings. The minimum Gasteiger partial charge on any atom is -0.480 e. The summed E-state index contributed by atoms with van der Waals surface area (Å²) in [6.45, 7) is 3.95. The van der Waals surface area contributed by atoms with Crippen molar-refractivity contribution in [3.63, 3.8) is 0 Å². The molecule has 0 heterocycles. The van der Waals surface area contributed by atoms with Crippen molar-refractivity contribution in [2.24, 2.45) is 11.8 Å². The van der Waals surface area contributed by atoms with Gasteiger partial charge >= 0.3 is 12.1 Å². The Balaban J connectivity index is 1.53. The summed E-state index contributed by atoms with van der Waals surface area (Å²) in [6, 6.07) is 15.1. The lowest BCUT2D eigenvalue weighted by Gasteiger charge is -2.22. The van der Waals surface area contributed by atoms with Gasteiger partial charge in [0.2, 0.25) is 5.91 Å². The Morgan fingerprint density at radius 1 is 1.00 bits per heavy atom. The molecule has 0 fully saturated rings. The number of carboxylic acid groups (broad SMARTS) is 1. The smallest absolute Gasteiger partial charge is 0.407 e. The second kappa shape index (κ2) is 11.7. The molecule has 4 N–H and O–H groups in total. The Kier molecular flexibility index (Phi) is 8.65. The number of fused-ring (bicyclic) bond motifs is 3. The van der Waals surface area contributed by atoms with Crippen molar-refractivity contribution in [1.82, 2.24) is 10.6 Å². The largest absolute Gasteiger partial charge is 0.480 e. The van der Waals surface area contributed by atoms with E-state index in [4.69, 9.17) is 14.9 Å². The average molecular weight is 469 g/mol. The Hall–Kier alpha value is -3.39. The first-order valence-electron chi connectivity index (χ1n) is 11.5. The van der Waals surface area contributed by atoms with Gasteiger partial charge in [0.1, 0.15) is 12.6 Å². The third-order valence-corrected chi connectivity index (χ3v) is 6.29. The molecule has 8 heteroatoms. The molecule has 0 radical (unpaired) electrons. The third kappa shape index (κ3) is 6.14. The van der Waals surface area contributed by atoms with Crippen LogP contribution in [0.3, 0.4) is 0 Å². The molecule has 0 aromatic heterocycles. The summed E-state index contributed by atoms with van der Waals surface area (Å²) in [5, 5.41) is 23.3. The highest BCUT2D eigenvalue weighted by atomic mass is 16.5. The third-order valence-electron chi connectivity index (χ3n) is 6.29. The zero-order valence-electron chi connectivity index (χ0n) is 19.5. The van der Waals surface area contributed by atoms with Crippen LogP contribution in [-0.4, -0.2) is 54.0 Å². The van der Waals surface area contributed by atoms with Crippen molar-refractivity contribution in [3.05, 3.63) is 59.7 Å². The number of carbonyl (C=O) groups is 3. The first-order chi connectivity index (χ1) is 16.3. The molecular weight excluding hydrogens is 436 g/mol. The van der Waals surface area contributed by atoms with Crippen molar-refractivity contribution in [3.8, 4) is 11.1 Å². The number of nitrogens with one attached hydrogen (secondary N) is 2. The number of aliphatic carboxylic acids is 1. The summed E-state index contributed by atoms with van der Waals surface area (Å²) < 4.78 is 5.55. The highest BCUT2D eigenvalue weighted by Gasteiger charge is 2.29. The zero-order valence-corrected chi connectivity index (χ0v) is 19.5. The van der Waals surface area contributed by atoms with Crippen LogP contribution in [0.15, 0.2) is 48.5 Å². The van der Waals surface area contributed by atoms with E-state index < -0.39 is 24.0 Å². The Morgan fingerprint density at radius 3 is 2.12 bits per heavy atom. The first-order valence-corrected chi connectivity index (χ1v) is 11.5. The lowest BCUT2D eigenvalue weighted by molar-refractivity contribution is -0.142. The Labute approximate surface area is 199 Å². The maximum atomic E-state index is 12.4. The minimum atomic E-state index is -1.19. The summed E-state index contributed by atoms with van der Waals surface area (Å²) in [5.41, 5.74) is 4.56. The molecule has 0 aliphatic heterocycles. The van der Waals surface area contributed by atoms with E-state index in [0.29, 0.717) is 0 Å². The molecule has 0 bridgehead atoms. The Morgan fingerprint density at radius 2 is 1.59 bits per heavy atom. The number of alkyl carbamates (subject to hydrolysis) is 1. The van der Waals surface area contributed by atoms with Crippen LogP contribution in [0.1, 0.15) is 43.7 Å². The van der Waals surface area contributed by atoms with Crippen LogP contribution in [0.25, 0.3) is 11.1 Å². The number of hydrogen-bond acceptors (Lipinski definition) is 5. The fourth-order valence-electron chi connectivity index (χ4n) is 4.29. The van der Waals surface area contributed by atoms with Crippen LogP contribution in [0.4, 0.5) is 4.79 Å². The van der Waals surface area contributed by atoms with Crippen molar-refractivity contribution >= 4 is 18.0 Å². The number of carboxylic acids is 1. The van der Waals surface area contributed by atoms with Gasteiger partial charge in [-0.1, -0.05) is 62.4 Å². The molecular formula is C26H32N2O6. The van der Waals surface area contributed by atoms with Gasteiger partial charge < -0.3 is 25.6 Å². The molecule has 1 aliphatic carbocycles. The first kappa shape index (κ1) is 25.2. The van der Waals surface area contributed by atoms with E-state index >= 15 is 0 Å². The van der Waals surface area contributed by atoms with Crippen LogP contribution in [0.2, 0.25) is 0 Å². The fourth-order valence-corrected chi connectivity index (χ4v) is 4.29. The molecule has 0 saturated carbocycles. The zero-order chi connectivity index (χ0) is 24.7. The van der Waals surface area contributed by atoms with E-state index in [-0.39, 0.29) is 50.4 Å². The number of carbonyl (C=O) groups excluding carboxylic acids is 2. The quantitative estimate of drug-likeness (QED) is 0.402. The van der Waals surface area contributed by atoms with E-state index in [2.05, 4.69) is 34.9 Å². The number of rotatable bonds is 11. The maximum Gasteiger partial charge on any atom is 0.407 e. The molecule has 34 heavy (non-hydrogen) atoms. The number of ether oxygens (including phenoxy) is 1. The lowest BCUT2D eigenvalue weighted by Crippen LogP contribution is -2.43. The van der Waals surface area contributed by atoms with Gasteiger partial charge in [-0.2, -0.15) is 0 Å². The summed E-state index contributed by atoms with van der Waals surface area (Å²) in [7, 11) is 0. The molecule has 2 aromatic carbocycles. The van der Waals surface area contributed by atoms with Gasteiger partial charge in [0.25, 0.3) is 0 Å².